The summed E-state index contributed by atoms with van der Waals surface area (Å²) in [5, 5.41) is 0. The number of alkyl halides is 1. The van der Waals surface area contributed by atoms with E-state index in [0.717, 1.165) is 0 Å². The summed E-state index contributed by atoms with van der Waals surface area (Å²) in [5.41, 5.74) is -1.03. The molecule has 0 aliphatic rings. The highest BCUT2D eigenvalue weighted by Gasteiger charge is 2.15. The molecule has 0 aliphatic carbocycles. The van der Waals surface area contributed by atoms with Gasteiger partial charge in [0, 0.05) is 0 Å². The fourth-order valence-electron chi connectivity index (χ4n) is 0.177. The first-order chi connectivity index (χ1) is 3.12. The van der Waals surface area contributed by atoms with Crippen molar-refractivity contribution < 1.29 is 4.39 Å². The van der Waals surface area contributed by atoms with Gasteiger partial charge < -0.3 is 0 Å². The van der Waals surface area contributed by atoms with Crippen molar-refractivity contribution in [3.8, 4) is 0 Å². The Morgan fingerprint density at radius 3 is 2.14 bits per heavy atom. The maximum Gasteiger partial charge on any atom is 0.108 e. The van der Waals surface area contributed by atoms with Crippen LogP contribution in [0.2, 0.25) is 0 Å². The molecular formula is C6H12F. The third-order valence-corrected chi connectivity index (χ3v) is 1.26. The van der Waals surface area contributed by atoms with Crippen LogP contribution in [0.25, 0.3) is 0 Å². The van der Waals surface area contributed by atoms with Crippen molar-refractivity contribution in [2.45, 2.75) is 32.4 Å². The van der Waals surface area contributed by atoms with E-state index in [0.29, 0.717) is 12.8 Å². The molecule has 0 aromatic rings. The van der Waals surface area contributed by atoms with Crippen molar-refractivity contribution in [3.63, 3.8) is 0 Å². The molecule has 0 aromatic heterocycles. The molecule has 1 unspecified atom stereocenters. The summed E-state index contributed by atoms with van der Waals surface area (Å²) >= 11 is 0. The van der Waals surface area contributed by atoms with Crippen LogP contribution in [-0.2, 0) is 0 Å². The van der Waals surface area contributed by atoms with Gasteiger partial charge in [0.05, 0.1) is 0 Å². The quantitative estimate of drug-likeness (QED) is 0.503. The van der Waals surface area contributed by atoms with Crippen molar-refractivity contribution in [1.82, 2.24) is 0 Å². The van der Waals surface area contributed by atoms with Crippen LogP contribution in [0.1, 0.15) is 26.7 Å². The van der Waals surface area contributed by atoms with Gasteiger partial charge in [-0.15, -0.1) is 0 Å². The van der Waals surface area contributed by atoms with E-state index in [1.54, 1.807) is 6.92 Å². The van der Waals surface area contributed by atoms with Crippen molar-refractivity contribution in [2.75, 3.05) is 0 Å². The molecule has 0 aliphatic heterocycles. The summed E-state index contributed by atoms with van der Waals surface area (Å²) in [7, 11) is 0. The van der Waals surface area contributed by atoms with E-state index in [2.05, 4.69) is 6.92 Å². The lowest BCUT2D eigenvalue weighted by atomic mass is 10.0. The van der Waals surface area contributed by atoms with Crippen molar-refractivity contribution in [1.29, 1.82) is 0 Å². The number of hydrogen-bond acceptors (Lipinski definition) is 0. The van der Waals surface area contributed by atoms with Gasteiger partial charge in [-0.05, 0) is 19.8 Å². The molecule has 0 N–H and O–H groups in total. The molecule has 0 rings (SSSR count). The van der Waals surface area contributed by atoms with Crippen LogP contribution in [0.15, 0.2) is 0 Å². The lowest BCUT2D eigenvalue weighted by molar-refractivity contribution is 0.186. The van der Waals surface area contributed by atoms with Crippen LogP contribution in [0, 0.1) is 6.92 Å². The van der Waals surface area contributed by atoms with E-state index in [4.69, 9.17) is 0 Å². The average molecular weight is 103 g/mol. The van der Waals surface area contributed by atoms with E-state index in [1.807, 2.05) is 6.92 Å². The fourth-order valence-corrected chi connectivity index (χ4v) is 0.177. The highest BCUT2D eigenvalue weighted by molar-refractivity contribution is 4.70. The molecule has 0 nitrogen and oxygen atoms in total. The van der Waals surface area contributed by atoms with Gasteiger partial charge in [0.1, 0.15) is 5.67 Å². The summed E-state index contributed by atoms with van der Waals surface area (Å²) < 4.78 is 12.5. The minimum absolute atomic E-state index is 0.378. The Kier molecular flexibility index (Phi) is 2.27. The molecule has 1 radical (unpaired) electrons. The number of rotatable bonds is 2. The zero-order valence-corrected chi connectivity index (χ0v) is 5.00. The van der Waals surface area contributed by atoms with Gasteiger partial charge in [0.2, 0.25) is 0 Å². The Hall–Kier alpha value is -0.0700. The SMILES string of the molecule is [CH2]CC(C)(F)CC. The first-order valence-electron chi connectivity index (χ1n) is 2.60. The standard InChI is InChI=1S/C6H12F/c1-4-6(3,7)5-2/h1,4-5H2,2-3H3. The second-order valence-electron chi connectivity index (χ2n) is 2.02. The van der Waals surface area contributed by atoms with E-state index < -0.39 is 5.67 Å². The topological polar surface area (TPSA) is 0 Å². The Morgan fingerprint density at radius 2 is 2.14 bits per heavy atom. The van der Waals surface area contributed by atoms with Crippen LogP contribution >= 0.6 is 0 Å². The summed E-state index contributed by atoms with van der Waals surface area (Å²) in [6.07, 6.45) is 0.944. The first kappa shape index (κ1) is 6.93. The highest BCUT2D eigenvalue weighted by atomic mass is 19.1. The summed E-state index contributed by atoms with van der Waals surface area (Å²) in [4.78, 5) is 0. The van der Waals surface area contributed by atoms with E-state index in [1.165, 1.54) is 0 Å². The van der Waals surface area contributed by atoms with Crippen LogP contribution in [-0.4, -0.2) is 5.67 Å². The molecule has 0 saturated heterocycles. The van der Waals surface area contributed by atoms with Crippen molar-refractivity contribution in [3.05, 3.63) is 6.92 Å². The summed E-state index contributed by atoms with van der Waals surface area (Å²) in [5.74, 6) is 0. The zero-order chi connectivity index (χ0) is 5.91. The molecule has 43 valence electrons. The first-order valence-corrected chi connectivity index (χ1v) is 2.60. The van der Waals surface area contributed by atoms with Crippen LogP contribution in [0.5, 0.6) is 0 Å². The Morgan fingerprint density at radius 1 is 1.71 bits per heavy atom. The third kappa shape index (κ3) is 2.60. The average Bonchev–Trinajstić information content (AvgIpc) is 1.68. The second kappa shape index (κ2) is 2.29. The van der Waals surface area contributed by atoms with E-state index >= 15 is 0 Å². The summed E-state index contributed by atoms with van der Waals surface area (Å²) in [6.45, 7) is 6.85. The van der Waals surface area contributed by atoms with Crippen LogP contribution in [0.3, 0.4) is 0 Å². The highest BCUT2D eigenvalue weighted by Crippen LogP contribution is 2.17. The molecule has 1 atom stereocenters. The van der Waals surface area contributed by atoms with Crippen LogP contribution in [0.4, 0.5) is 4.39 Å². The molecule has 0 spiro atoms. The number of hydrogen-bond donors (Lipinski definition) is 0. The summed E-state index contributed by atoms with van der Waals surface area (Å²) in [6, 6.07) is 0. The van der Waals surface area contributed by atoms with Gasteiger partial charge in [0.25, 0.3) is 0 Å². The zero-order valence-electron chi connectivity index (χ0n) is 5.00. The molecule has 0 saturated carbocycles. The second-order valence-corrected chi connectivity index (χ2v) is 2.02. The minimum Gasteiger partial charge on any atom is -0.244 e. The van der Waals surface area contributed by atoms with Gasteiger partial charge in [-0.1, -0.05) is 13.8 Å². The molecule has 0 amide bonds. The largest absolute Gasteiger partial charge is 0.244 e. The van der Waals surface area contributed by atoms with Gasteiger partial charge in [-0.25, -0.2) is 4.39 Å². The lowest BCUT2D eigenvalue weighted by Gasteiger charge is -2.13. The molecule has 0 bridgehead atoms. The van der Waals surface area contributed by atoms with Gasteiger partial charge >= 0.3 is 0 Å². The van der Waals surface area contributed by atoms with Crippen molar-refractivity contribution in [2.24, 2.45) is 0 Å². The minimum atomic E-state index is -1.03. The van der Waals surface area contributed by atoms with Gasteiger partial charge in [-0.3, -0.25) is 0 Å². The lowest BCUT2D eigenvalue weighted by Crippen LogP contribution is -2.13. The molecule has 0 heterocycles. The fraction of sp³-hybridized carbons (Fsp3) is 0.833. The maximum atomic E-state index is 12.5. The predicted octanol–water partition coefficient (Wildman–Crippen LogP) is 2.35. The number of halogens is 1. The van der Waals surface area contributed by atoms with E-state index in [-0.39, 0.29) is 0 Å². The van der Waals surface area contributed by atoms with Crippen molar-refractivity contribution >= 4 is 0 Å². The smallest absolute Gasteiger partial charge is 0.108 e. The Labute approximate surface area is 44.7 Å². The molecule has 7 heavy (non-hydrogen) atoms. The molecule has 0 aromatic carbocycles. The van der Waals surface area contributed by atoms with Gasteiger partial charge in [0.15, 0.2) is 0 Å². The molecular weight excluding hydrogens is 91.1 g/mol. The third-order valence-electron chi connectivity index (χ3n) is 1.26. The predicted molar refractivity (Wildman–Crippen MR) is 29.8 cm³/mol. The molecule has 1 heteroatoms. The molecule has 0 fully saturated rings. The van der Waals surface area contributed by atoms with Gasteiger partial charge in [-0.2, -0.15) is 0 Å². The maximum absolute atomic E-state index is 12.5. The van der Waals surface area contributed by atoms with Crippen LogP contribution < -0.4 is 0 Å². The van der Waals surface area contributed by atoms with E-state index in [9.17, 15) is 4.39 Å². The normalized spacial score (nSPS) is 12.0. The Balaban J connectivity index is 3.36. The monoisotopic (exact) mass is 103 g/mol. The Bertz CT molecular complexity index is 42.1.